The quantitative estimate of drug-likeness (QED) is 0.573. The lowest BCUT2D eigenvalue weighted by Crippen LogP contribution is -2.45. The number of aromatic amines is 1. The van der Waals surface area contributed by atoms with Gasteiger partial charge in [-0.05, 0) is 18.9 Å². The highest BCUT2D eigenvalue weighted by Crippen LogP contribution is 2.42. The Hall–Kier alpha value is -3.15. The van der Waals surface area contributed by atoms with E-state index in [1.807, 2.05) is 37.3 Å². The third-order valence-corrected chi connectivity index (χ3v) is 4.93. The lowest BCUT2D eigenvalue weighted by Gasteiger charge is -2.29. The van der Waals surface area contributed by atoms with Crippen LogP contribution in [-0.4, -0.2) is 33.3 Å². The molecule has 1 fully saturated rings. The molecule has 0 spiro atoms. The van der Waals surface area contributed by atoms with E-state index in [0.717, 1.165) is 5.56 Å². The van der Waals surface area contributed by atoms with Crippen molar-refractivity contribution in [3.8, 4) is 11.8 Å². The Labute approximate surface area is 173 Å². The van der Waals surface area contributed by atoms with Gasteiger partial charge in [-0.3, -0.25) is 19.1 Å². The summed E-state index contributed by atoms with van der Waals surface area (Å²) in [6, 6.07) is 10.7. The number of esters is 1. The zero-order valence-electron chi connectivity index (χ0n) is 17.1. The minimum atomic E-state index is -1.11. The third-order valence-electron chi connectivity index (χ3n) is 4.93. The molecule has 0 amide bonds. The molecule has 8 heteroatoms. The van der Waals surface area contributed by atoms with Crippen molar-refractivity contribution >= 4 is 5.97 Å². The van der Waals surface area contributed by atoms with Crippen LogP contribution in [0.3, 0.4) is 0 Å². The summed E-state index contributed by atoms with van der Waals surface area (Å²) in [5, 5.41) is 0. The fourth-order valence-electron chi connectivity index (χ4n) is 3.59. The van der Waals surface area contributed by atoms with Crippen LogP contribution in [0.15, 0.2) is 52.2 Å². The minimum Gasteiger partial charge on any atom is -0.455 e. The molecule has 4 atom stereocenters. The van der Waals surface area contributed by atoms with E-state index in [-0.39, 0.29) is 6.61 Å². The largest absolute Gasteiger partial charge is 0.455 e. The molecule has 158 valence electrons. The van der Waals surface area contributed by atoms with E-state index in [2.05, 4.69) is 16.8 Å². The average Bonchev–Trinajstić information content (AvgIpc) is 3.00. The molecule has 1 unspecified atom stereocenters. The molecule has 0 aliphatic carbocycles. The fourth-order valence-corrected chi connectivity index (χ4v) is 3.59. The maximum absolute atomic E-state index is 12.4. The van der Waals surface area contributed by atoms with E-state index in [4.69, 9.17) is 14.2 Å². The number of nitrogens with one attached hydrogen (secondary N) is 1. The van der Waals surface area contributed by atoms with Crippen LogP contribution >= 0.6 is 0 Å². The Morgan fingerprint density at radius 2 is 2.00 bits per heavy atom. The van der Waals surface area contributed by atoms with Crippen LogP contribution in [0.25, 0.3) is 0 Å². The van der Waals surface area contributed by atoms with Crippen LogP contribution in [0.2, 0.25) is 0 Å². The first-order valence-corrected chi connectivity index (χ1v) is 9.66. The van der Waals surface area contributed by atoms with E-state index in [9.17, 15) is 14.4 Å². The molecule has 1 N–H and O–H groups in total. The molecule has 0 bridgehead atoms. The summed E-state index contributed by atoms with van der Waals surface area (Å²) in [5.41, 5.74) is -1.39. The molecule has 30 heavy (non-hydrogen) atoms. The summed E-state index contributed by atoms with van der Waals surface area (Å²) in [7, 11) is 0. The van der Waals surface area contributed by atoms with Gasteiger partial charge in [0.05, 0.1) is 6.61 Å². The Kier molecular flexibility index (Phi) is 6.55. The van der Waals surface area contributed by atoms with Crippen molar-refractivity contribution in [3.05, 3.63) is 69.0 Å². The van der Waals surface area contributed by atoms with Crippen molar-refractivity contribution in [3.63, 3.8) is 0 Å². The van der Waals surface area contributed by atoms with Gasteiger partial charge in [0.2, 0.25) is 0 Å². The number of nitrogens with zero attached hydrogens (tertiary/aromatic N) is 1. The molecule has 0 saturated carbocycles. The number of carbonyl (C=O) groups is 1. The number of hydrogen-bond donors (Lipinski definition) is 1. The van der Waals surface area contributed by atoms with E-state index in [1.165, 1.54) is 23.8 Å². The fraction of sp³-hybridized carbons (Fsp3) is 0.409. The Morgan fingerprint density at radius 1 is 1.27 bits per heavy atom. The standard InChI is InChI=1S/C22H24N2O6/c1-4-12-22(5-2)19(28-14-16-9-7-6-8-10-16)18(29-15(3)25)20(30-22)24-13-11-17(26)23-21(24)27/h6-11,13,18-20H,5,14H2,1-3H3,(H,23,26,27)/t18-,19?,20+,22-/m0/s1. The van der Waals surface area contributed by atoms with Gasteiger partial charge >= 0.3 is 11.7 Å². The smallest absolute Gasteiger partial charge is 0.330 e. The second-order valence-electron chi connectivity index (χ2n) is 6.94. The van der Waals surface area contributed by atoms with Crippen molar-refractivity contribution < 1.29 is 19.0 Å². The van der Waals surface area contributed by atoms with Crippen LogP contribution in [-0.2, 0) is 25.6 Å². The number of carbonyl (C=O) groups excluding carboxylic acids is 1. The van der Waals surface area contributed by atoms with Gasteiger partial charge in [-0.2, -0.15) is 0 Å². The van der Waals surface area contributed by atoms with Crippen LogP contribution in [0, 0.1) is 11.8 Å². The van der Waals surface area contributed by atoms with Crippen LogP contribution in [0.5, 0.6) is 0 Å². The minimum absolute atomic E-state index is 0.243. The average molecular weight is 412 g/mol. The summed E-state index contributed by atoms with van der Waals surface area (Å²) in [4.78, 5) is 38.0. The zero-order valence-corrected chi connectivity index (χ0v) is 17.1. The molecule has 2 heterocycles. The first-order chi connectivity index (χ1) is 14.4. The molecule has 1 aromatic carbocycles. The van der Waals surface area contributed by atoms with E-state index >= 15 is 0 Å². The van der Waals surface area contributed by atoms with Crippen molar-refractivity contribution in [2.45, 2.75) is 57.8 Å². The molecule has 1 aliphatic rings. The number of benzene rings is 1. The van der Waals surface area contributed by atoms with Gasteiger partial charge in [0, 0.05) is 19.2 Å². The lowest BCUT2D eigenvalue weighted by atomic mass is 9.92. The second-order valence-corrected chi connectivity index (χ2v) is 6.94. The molecular weight excluding hydrogens is 388 g/mol. The van der Waals surface area contributed by atoms with Gasteiger partial charge in [0.1, 0.15) is 6.10 Å². The topological polar surface area (TPSA) is 99.6 Å². The van der Waals surface area contributed by atoms with Crippen LogP contribution in [0.4, 0.5) is 0 Å². The first-order valence-electron chi connectivity index (χ1n) is 9.66. The Morgan fingerprint density at radius 3 is 2.60 bits per heavy atom. The maximum atomic E-state index is 12.4. The normalized spacial score (nSPS) is 25.4. The predicted octanol–water partition coefficient (Wildman–Crippen LogP) is 1.75. The van der Waals surface area contributed by atoms with Crippen LogP contribution < -0.4 is 11.2 Å². The van der Waals surface area contributed by atoms with Gasteiger partial charge in [0.25, 0.3) is 5.56 Å². The van der Waals surface area contributed by atoms with Gasteiger partial charge < -0.3 is 14.2 Å². The SMILES string of the molecule is CC#C[C@]1(CC)O[C@@H](n2ccc(=O)[nH]c2=O)[C@@H](OC(C)=O)C1OCc1ccccc1. The Balaban J connectivity index is 2.05. The summed E-state index contributed by atoms with van der Waals surface area (Å²) in [6.45, 7) is 5.08. The number of ether oxygens (including phenoxy) is 3. The molecular formula is C22H24N2O6. The summed E-state index contributed by atoms with van der Waals surface area (Å²) in [6.07, 6.45) is -0.986. The van der Waals surface area contributed by atoms with Crippen molar-refractivity contribution in [2.75, 3.05) is 0 Å². The predicted molar refractivity (Wildman–Crippen MR) is 108 cm³/mol. The van der Waals surface area contributed by atoms with Gasteiger partial charge in [0.15, 0.2) is 17.9 Å². The second kappa shape index (κ2) is 9.11. The summed E-state index contributed by atoms with van der Waals surface area (Å²) in [5.74, 6) is 5.36. The van der Waals surface area contributed by atoms with Gasteiger partial charge in [-0.1, -0.05) is 43.2 Å². The molecule has 1 aliphatic heterocycles. The lowest BCUT2D eigenvalue weighted by molar-refractivity contribution is -0.158. The Bertz CT molecular complexity index is 1060. The van der Waals surface area contributed by atoms with Gasteiger partial charge in [-0.15, -0.1) is 5.92 Å². The summed E-state index contributed by atoms with van der Waals surface area (Å²) >= 11 is 0. The van der Waals surface area contributed by atoms with E-state index in [0.29, 0.717) is 6.42 Å². The first kappa shape index (κ1) is 21.6. The van der Waals surface area contributed by atoms with Crippen molar-refractivity contribution in [1.82, 2.24) is 9.55 Å². The molecule has 1 aromatic heterocycles. The number of rotatable bonds is 6. The highest BCUT2D eigenvalue weighted by Gasteiger charge is 2.57. The van der Waals surface area contributed by atoms with E-state index in [1.54, 1.807) is 6.92 Å². The molecule has 1 saturated heterocycles. The van der Waals surface area contributed by atoms with Crippen LogP contribution in [0.1, 0.15) is 39.0 Å². The number of aromatic nitrogens is 2. The molecule has 8 nitrogen and oxygen atoms in total. The zero-order chi connectivity index (χ0) is 21.7. The van der Waals surface area contributed by atoms with E-state index < -0.39 is 41.3 Å². The van der Waals surface area contributed by atoms with Crippen molar-refractivity contribution in [2.24, 2.45) is 0 Å². The highest BCUT2D eigenvalue weighted by atomic mass is 16.6. The molecule has 0 radical (unpaired) electrons. The van der Waals surface area contributed by atoms with Crippen molar-refractivity contribution in [1.29, 1.82) is 0 Å². The molecule has 2 aromatic rings. The number of hydrogen-bond acceptors (Lipinski definition) is 6. The maximum Gasteiger partial charge on any atom is 0.330 e. The highest BCUT2D eigenvalue weighted by molar-refractivity contribution is 5.66. The number of H-pyrrole nitrogens is 1. The monoisotopic (exact) mass is 412 g/mol. The third kappa shape index (κ3) is 4.37. The molecule has 3 rings (SSSR count). The van der Waals surface area contributed by atoms with Gasteiger partial charge in [-0.25, -0.2) is 4.79 Å². The summed E-state index contributed by atoms with van der Waals surface area (Å²) < 4.78 is 19.2.